The largest absolute Gasteiger partial charge is 0.497 e. The fourth-order valence-electron chi connectivity index (χ4n) is 3.31. The van der Waals surface area contributed by atoms with Crippen LogP contribution in [0.15, 0.2) is 24.3 Å². The topological polar surface area (TPSA) is 59.1 Å². The molecular formula is C18H24N2O4. The highest BCUT2D eigenvalue weighted by Gasteiger charge is 2.31. The maximum Gasteiger partial charge on any atom is 0.320 e. The van der Waals surface area contributed by atoms with Crippen molar-refractivity contribution in [2.45, 2.75) is 12.8 Å². The van der Waals surface area contributed by atoms with E-state index >= 15 is 0 Å². The van der Waals surface area contributed by atoms with Crippen LogP contribution in [0.1, 0.15) is 23.2 Å². The minimum Gasteiger partial charge on any atom is -0.497 e. The summed E-state index contributed by atoms with van der Waals surface area (Å²) in [5, 5.41) is 0. The van der Waals surface area contributed by atoms with Crippen LogP contribution in [0.5, 0.6) is 5.75 Å². The van der Waals surface area contributed by atoms with Crippen molar-refractivity contribution in [1.29, 1.82) is 0 Å². The van der Waals surface area contributed by atoms with Gasteiger partial charge in [0.25, 0.3) is 0 Å². The number of carbonyl (C=O) groups is 2. The van der Waals surface area contributed by atoms with Gasteiger partial charge in [0.1, 0.15) is 5.75 Å². The number of likely N-dealkylation sites (tertiary alicyclic amines) is 1. The summed E-state index contributed by atoms with van der Waals surface area (Å²) >= 11 is 0. The number of amides is 2. The van der Waals surface area contributed by atoms with Gasteiger partial charge in [0.05, 0.1) is 20.3 Å². The van der Waals surface area contributed by atoms with Gasteiger partial charge in [0, 0.05) is 37.7 Å². The van der Waals surface area contributed by atoms with Crippen molar-refractivity contribution in [1.82, 2.24) is 9.80 Å². The Morgan fingerprint density at radius 1 is 1.08 bits per heavy atom. The van der Waals surface area contributed by atoms with Crippen LogP contribution in [-0.2, 0) is 4.74 Å². The molecule has 0 spiro atoms. The summed E-state index contributed by atoms with van der Waals surface area (Å²) in [5.41, 5.74) is 0.682. The van der Waals surface area contributed by atoms with E-state index in [1.807, 2.05) is 9.80 Å². The average Bonchev–Trinajstić information content (AvgIpc) is 2.67. The normalized spacial score (nSPS) is 21.5. The van der Waals surface area contributed by atoms with Crippen LogP contribution in [0.25, 0.3) is 0 Å². The third-order valence-corrected chi connectivity index (χ3v) is 4.72. The van der Waals surface area contributed by atoms with E-state index in [0.29, 0.717) is 38.4 Å². The molecule has 0 bridgehead atoms. The minimum atomic E-state index is -0.128. The number of benzene rings is 1. The van der Waals surface area contributed by atoms with Crippen molar-refractivity contribution < 1.29 is 19.1 Å². The van der Waals surface area contributed by atoms with Gasteiger partial charge in [-0.2, -0.15) is 0 Å². The lowest BCUT2D eigenvalue weighted by Crippen LogP contribution is -2.51. The number of piperidine rings is 1. The SMILES string of the molecule is COc1ccc(C(=O)C2CCCN(C(=O)N3CCOCC3)C2)cc1. The number of methoxy groups -OCH3 is 1. The van der Waals surface area contributed by atoms with Crippen LogP contribution in [-0.4, -0.2) is 68.1 Å². The third-order valence-electron chi connectivity index (χ3n) is 4.72. The maximum absolute atomic E-state index is 12.7. The molecule has 2 heterocycles. The lowest BCUT2D eigenvalue weighted by atomic mass is 9.90. The van der Waals surface area contributed by atoms with Crippen LogP contribution in [0.3, 0.4) is 0 Å². The molecule has 1 atom stereocenters. The number of ketones is 1. The molecule has 1 unspecified atom stereocenters. The number of morpholine rings is 1. The third kappa shape index (κ3) is 3.70. The molecule has 0 saturated carbocycles. The molecule has 3 rings (SSSR count). The van der Waals surface area contributed by atoms with Crippen molar-refractivity contribution in [3.8, 4) is 5.75 Å². The van der Waals surface area contributed by atoms with Crippen LogP contribution in [0.4, 0.5) is 4.79 Å². The molecule has 0 N–H and O–H groups in total. The number of carbonyl (C=O) groups excluding carboxylic acids is 2. The highest BCUT2D eigenvalue weighted by Crippen LogP contribution is 2.23. The van der Waals surface area contributed by atoms with E-state index in [-0.39, 0.29) is 17.7 Å². The van der Waals surface area contributed by atoms with E-state index in [9.17, 15) is 9.59 Å². The second-order valence-corrected chi connectivity index (χ2v) is 6.26. The van der Waals surface area contributed by atoms with Crippen LogP contribution < -0.4 is 4.74 Å². The standard InChI is InChI=1S/C18H24N2O4/c1-23-16-6-4-14(5-7-16)17(21)15-3-2-8-20(13-15)18(22)19-9-11-24-12-10-19/h4-7,15H,2-3,8-13H2,1H3. The molecule has 2 fully saturated rings. The average molecular weight is 332 g/mol. The van der Waals surface area contributed by atoms with Crippen molar-refractivity contribution in [2.75, 3.05) is 46.5 Å². The van der Waals surface area contributed by atoms with Crippen molar-refractivity contribution in [2.24, 2.45) is 5.92 Å². The smallest absolute Gasteiger partial charge is 0.320 e. The highest BCUT2D eigenvalue weighted by molar-refractivity contribution is 5.98. The second kappa shape index (κ2) is 7.66. The molecular weight excluding hydrogens is 308 g/mol. The first-order valence-corrected chi connectivity index (χ1v) is 8.49. The predicted molar refractivity (Wildman–Crippen MR) is 89.4 cm³/mol. The molecule has 2 aliphatic rings. The summed E-state index contributed by atoms with van der Waals surface area (Å²) in [6.45, 7) is 3.67. The quantitative estimate of drug-likeness (QED) is 0.795. The van der Waals surface area contributed by atoms with E-state index in [0.717, 1.165) is 25.1 Å². The summed E-state index contributed by atoms with van der Waals surface area (Å²) in [6.07, 6.45) is 1.69. The molecule has 1 aromatic carbocycles. The van der Waals surface area contributed by atoms with E-state index in [4.69, 9.17) is 9.47 Å². The predicted octanol–water partition coefficient (Wildman–Crippen LogP) is 2.04. The lowest BCUT2D eigenvalue weighted by Gasteiger charge is -2.37. The van der Waals surface area contributed by atoms with Gasteiger partial charge in [0.15, 0.2) is 5.78 Å². The molecule has 6 nitrogen and oxygen atoms in total. The zero-order valence-electron chi connectivity index (χ0n) is 14.1. The van der Waals surface area contributed by atoms with Gasteiger partial charge in [-0.25, -0.2) is 4.79 Å². The fourth-order valence-corrected chi connectivity index (χ4v) is 3.31. The van der Waals surface area contributed by atoms with Gasteiger partial charge < -0.3 is 19.3 Å². The Kier molecular flexibility index (Phi) is 5.35. The molecule has 24 heavy (non-hydrogen) atoms. The van der Waals surface area contributed by atoms with Crippen LogP contribution >= 0.6 is 0 Å². The first kappa shape index (κ1) is 16.8. The minimum absolute atomic E-state index is 0.0329. The number of rotatable bonds is 3. The number of Topliss-reactive ketones (excluding diaryl/α,β-unsaturated/α-hetero) is 1. The van der Waals surface area contributed by atoms with E-state index in [1.165, 1.54) is 0 Å². The van der Waals surface area contributed by atoms with Crippen LogP contribution in [0.2, 0.25) is 0 Å². The molecule has 0 radical (unpaired) electrons. The molecule has 1 aromatic rings. The summed E-state index contributed by atoms with van der Waals surface area (Å²) < 4.78 is 10.4. The first-order chi connectivity index (χ1) is 11.7. The molecule has 6 heteroatoms. The summed E-state index contributed by atoms with van der Waals surface area (Å²) in [4.78, 5) is 29.0. The Hall–Kier alpha value is -2.08. The molecule has 130 valence electrons. The fraction of sp³-hybridized carbons (Fsp3) is 0.556. The molecule has 0 aliphatic carbocycles. The Morgan fingerprint density at radius 3 is 2.46 bits per heavy atom. The zero-order chi connectivity index (χ0) is 16.9. The summed E-state index contributed by atoms with van der Waals surface area (Å²) in [7, 11) is 1.60. The van der Waals surface area contributed by atoms with Gasteiger partial charge >= 0.3 is 6.03 Å². The van der Waals surface area contributed by atoms with Crippen molar-refractivity contribution in [3.05, 3.63) is 29.8 Å². The van der Waals surface area contributed by atoms with Crippen molar-refractivity contribution >= 4 is 11.8 Å². The van der Waals surface area contributed by atoms with Gasteiger partial charge in [-0.1, -0.05) is 0 Å². The molecule has 0 aromatic heterocycles. The van der Waals surface area contributed by atoms with Gasteiger partial charge in [-0.15, -0.1) is 0 Å². The van der Waals surface area contributed by atoms with Crippen LogP contribution in [0, 0.1) is 5.92 Å². The van der Waals surface area contributed by atoms with Gasteiger partial charge in [-0.05, 0) is 37.1 Å². The number of urea groups is 1. The second-order valence-electron chi connectivity index (χ2n) is 6.26. The maximum atomic E-state index is 12.7. The Bertz CT molecular complexity index is 581. The van der Waals surface area contributed by atoms with E-state index in [2.05, 4.69) is 0 Å². The molecule has 2 saturated heterocycles. The van der Waals surface area contributed by atoms with E-state index < -0.39 is 0 Å². The summed E-state index contributed by atoms with van der Waals surface area (Å²) in [6, 6.07) is 7.22. The number of ether oxygens (including phenoxy) is 2. The molecule has 2 aliphatic heterocycles. The monoisotopic (exact) mass is 332 g/mol. The molecule has 2 amide bonds. The Labute approximate surface area is 142 Å². The lowest BCUT2D eigenvalue weighted by molar-refractivity contribution is 0.0388. The zero-order valence-corrected chi connectivity index (χ0v) is 14.1. The number of nitrogens with zero attached hydrogens (tertiary/aromatic N) is 2. The first-order valence-electron chi connectivity index (χ1n) is 8.49. The Balaban J connectivity index is 1.63. The highest BCUT2D eigenvalue weighted by atomic mass is 16.5. The number of hydrogen-bond acceptors (Lipinski definition) is 4. The van der Waals surface area contributed by atoms with Gasteiger partial charge in [0.2, 0.25) is 0 Å². The van der Waals surface area contributed by atoms with Gasteiger partial charge in [-0.3, -0.25) is 4.79 Å². The number of hydrogen-bond donors (Lipinski definition) is 0. The van der Waals surface area contributed by atoms with E-state index in [1.54, 1.807) is 31.4 Å². The summed E-state index contributed by atoms with van der Waals surface area (Å²) in [5.74, 6) is 0.716. The van der Waals surface area contributed by atoms with Crippen molar-refractivity contribution in [3.63, 3.8) is 0 Å². The Morgan fingerprint density at radius 2 is 1.79 bits per heavy atom.